The van der Waals surface area contributed by atoms with E-state index in [9.17, 15) is 9.59 Å². The summed E-state index contributed by atoms with van der Waals surface area (Å²) in [5.74, 6) is 0.144. The minimum atomic E-state index is -0.603. The first-order valence-electron chi connectivity index (χ1n) is 11.8. The van der Waals surface area contributed by atoms with E-state index in [-0.39, 0.29) is 18.8 Å². The molecule has 0 amide bonds. The van der Waals surface area contributed by atoms with E-state index in [0.29, 0.717) is 36.4 Å². The van der Waals surface area contributed by atoms with Crippen molar-refractivity contribution in [3.63, 3.8) is 0 Å². The average molecular weight is 586 g/mol. The number of para-hydroxylation sites is 1. The maximum absolute atomic E-state index is 13.8. The maximum Gasteiger partial charge on any atom is 0.338 e. The molecule has 4 aromatic rings. The van der Waals surface area contributed by atoms with Gasteiger partial charge in [-0.3, -0.25) is 9.36 Å². The Kier molecular flexibility index (Phi) is 7.85. The predicted octanol–water partition coefficient (Wildman–Crippen LogP) is 5.75. The van der Waals surface area contributed by atoms with Gasteiger partial charge in [-0.2, -0.15) is 0 Å². The number of thiophene rings is 1. The molecular weight excluding hydrogens is 563 g/mol. The van der Waals surface area contributed by atoms with Gasteiger partial charge in [0, 0.05) is 10.4 Å². The van der Waals surface area contributed by atoms with Gasteiger partial charge in [0.1, 0.15) is 18.4 Å². The van der Waals surface area contributed by atoms with Gasteiger partial charge in [0.25, 0.3) is 5.56 Å². The predicted molar refractivity (Wildman–Crippen MR) is 152 cm³/mol. The molecule has 0 spiro atoms. The molecule has 0 saturated carbocycles. The molecule has 10 heteroatoms. The normalized spacial score (nSPS) is 15.3. The lowest BCUT2D eigenvalue weighted by Crippen LogP contribution is -2.39. The lowest BCUT2D eigenvalue weighted by atomic mass is 10.0. The molecule has 2 aromatic heterocycles. The number of thiazole rings is 1. The molecule has 5 rings (SSSR count). The Morgan fingerprint density at radius 2 is 1.95 bits per heavy atom. The zero-order valence-corrected chi connectivity index (χ0v) is 23.6. The Bertz CT molecular complexity index is 1720. The lowest BCUT2D eigenvalue weighted by molar-refractivity contribution is -0.139. The molecule has 6 nitrogen and oxygen atoms in total. The van der Waals surface area contributed by atoms with Crippen LogP contribution in [0.2, 0.25) is 10.0 Å². The molecule has 1 aliphatic heterocycles. The molecule has 3 heterocycles. The zero-order valence-electron chi connectivity index (χ0n) is 20.4. The van der Waals surface area contributed by atoms with Gasteiger partial charge in [-0.25, -0.2) is 9.79 Å². The SMILES string of the molecule is CCOC(=O)C1=C(C)N=c2s/c(=C\c3ccccc3OCc3ccc(Cl)c(Cl)c3)c(=O)n2[C@H]1c1cccs1. The summed E-state index contributed by atoms with van der Waals surface area (Å²) in [6.45, 7) is 4.04. The third-order valence-electron chi connectivity index (χ3n) is 5.91. The van der Waals surface area contributed by atoms with Crippen LogP contribution in [-0.4, -0.2) is 17.1 Å². The van der Waals surface area contributed by atoms with Crippen molar-refractivity contribution in [3.8, 4) is 5.75 Å². The summed E-state index contributed by atoms with van der Waals surface area (Å²) < 4.78 is 13.5. The third kappa shape index (κ3) is 5.22. The minimum absolute atomic E-state index is 0.232. The zero-order chi connectivity index (χ0) is 26.8. The van der Waals surface area contributed by atoms with Crippen molar-refractivity contribution in [2.24, 2.45) is 4.99 Å². The fraction of sp³-hybridized carbons (Fsp3) is 0.179. The first-order valence-corrected chi connectivity index (χ1v) is 14.2. The van der Waals surface area contributed by atoms with Crippen molar-refractivity contribution in [2.75, 3.05) is 6.61 Å². The smallest absolute Gasteiger partial charge is 0.338 e. The van der Waals surface area contributed by atoms with Gasteiger partial charge in [-0.1, -0.05) is 64.9 Å². The van der Waals surface area contributed by atoms with Gasteiger partial charge < -0.3 is 9.47 Å². The van der Waals surface area contributed by atoms with Crippen LogP contribution in [0.15, 0.2) is 81.0 Å². The van der Waals surface area contributed by atoms with Crippen LogP contribution >= 0.6 is 45.9 Å². The maximum atomic E-state index is 13.8. The molecule has 0 radical (unpaired) electrons. The first-order chi connectivity index (χ1) is 18.4. The number of ether oxygens (including phenoxy) is 2. The van der Waals surface area contributed by atoms with Gasteiger partial charge in [-0.05, 0) is 55.1 Å². The van der Waals surface area contributed by atoms with E-state index in [4.69, 9.17) is 32.7 Å². The van der Waals surface area contributed by atoms with E-state index in [1.54, 1.807) is 36.6 Å². The molecule has 1 atom stereocenters. The molecule has 2 aromatic carbocycles. The van der Waals surface area contributed by atoms with Gasteiger partial charge in [0.15, 0.2) is 4.80 Å². The highest BCUT2D eigenvalue weighted by Crippen LogP contribution is 2.33. The second kappa shape index (κ2) is 11.3. The Labute approximate surface area is 236 Å². The average Bonchev–Trinajstić information content (AvgIpc) is 3.53. The van der Waals surface area contributed by atoms with E-state index in [1.165, 1.54) is 22.7 Å². The Hall–Kier alpha value is -3.17. The van der Waals surface area contributed by atoms with Gasteiger partial charge in [-0.15, -0.1) is 11.3 Å². The van der Waals surface area contributed by atoms with Crippen LogP contribution in [-0.2, 0) is 16.1 Å². The highest BCUT2D eigenvalue weighted by atomic mass is 35.5. The Morgan fingerprint density at radius 3 is 2.68 bits per heavy atom. The van der Waals surface area contributed by atoms with Crippen molar-refractivity contribution in [2.45, 2.75) is 26.5 Å². The van der Waals surface area contributed by atoms with Crippen LogP contribution in [0, 0.1) is 0 Å². The number of carbonyl (C=O) groups is 1. The topological polar surface area (TPSA) is 69.9 Å². The number of hydrogen-bond acceptors (Lipinski definition) is 7. The second-order valence-corrected chi connectivity index (χ2v) is 11.2. The number of aromatic nitrogens is 1. The monoisotopic (exact) mass is 584 g/mol. The number of rotatable bonds is 7. The molecule has 0 fully saturated rings. The van der Waals surface area contributed by atoms with Crippen molar-refractivity contribution in [1.82, 2.24) is 4.57 Å². The molecule has 0 unspecified atom stereocenters. The number of nitrogens with zero attached hydrogens (tertiary/aromatic N) is 2. The second-order valence-electron chi connectivity index (χ2n) is 8.39. The van der Waals surface area contributed by atoms with E-state index < -0.39 is 12.0 Å². The number of carbonyl (C=O) groups excluding carboxylic acids is 1. The summed E-state index contributed by atoms with van der Waals surface area (Å²) in [7, 11) is 0. The van der Waals surface area contributed by atoms with E-state index in [1.807, 2.05) is 47.8 Å². The summed E-state index contributed by atoms with van der Waals surface area (Å²) in [6.07, 6.45) is 1.79. The molecule has 194 valence electrons. The van der Waals surface area contributed by atoms with E-state index in [0.717, 1.165) is 16.0 Å². The number of hydrogen-bond donors (Lipinski definition) is 0. The molecule has 1 aliphatic rings. The summed E-state index contributed by atoms with van der Waals surface area (Å²) in [5.41, 5.74) is 2.29. The van der Waals surface area contributed by atoms with Crippen LogP contribution in [0.5, 0.6) is 5.75 Å². The summed E-state index contributed by atoms with van der Waals surface area (Å²) in [6, 6.07) is 16.0. The first kappa shape index (κ1) is 26.4. The lowest BCUT2D eigenvalue weighted by Gasteiger charge is -2.23. The fourth-order valence-corrected chi connectivity index (χ4v) is 6.35. The highest BCUT2D eigenvalue weighted by Gasteiger charge is 2.33. The number of fused-ring (bicyclic) bond motifs is 1. The Morgan fingerprint density at radius 1 is 1.13 bits per heavy atom. The number of allylic oxidation sites excluding steroid dienone is 1. The van der Waals surface area contributed by atoms with Gasteiger partial charge in [0.05, 0.1) is 32.5 Å². The van der Waals surface area contributed by atoms with Crippen molar-refractivity contribution in [1.29, 1.82) is 0 Å². The largest absolute Gasteiger partial charge is 0.488 e. The number of esters is 1. The van der Waals surface area contributed by atoms with Crippen molar-refractivity contribution >= 4 is 57.9 Å². The van der Waals surface area contributed by atoms with Gasteiger partial charge in [0.2, 0.25) is 0 Å². The highest BCUT2D eigenvalue weighted by molar-refractivity contribution is 7.10. The molecular formula is C28H22Cl2N2O4S2. The summed E-state index contributed by atoms with van der Waals surface area (Å²) in [5, 5.41) is 2.86. The van der Waals surface area contributed by atoms with E-state index in [2.05, 4.69) is 4.99 Å². The van der Waals surface area contributed by atoms with Crippen LogP contribution < -0.4 is 19.6 Å². The van der Waals surface area contributed by atoms with Crippen LogP contribution in [0.25, 0.3) is 6.08 Å². The number of benzene rings is 2. The standard InChI is InChI=1S/C28H22Cl2N2O4S2/c1-3-35-27(34)24-16(2)31-28-32(25(24)22-9-6-12-37-22)26(33)23(38-28)14-18-7-4-5-8-21(18)36-15-17-10-11-19(29)20(30)13-17/h4-14,25H,3,15H2,1-2H3/b23-14-/t25-/m0/s1. The Balaban J connectivity index is 1.56. The number of halogens is 2. The van der Waals surface area contributed by atoms with Crippen LogP contribution in [0.4, 0.5) is 0 Å². The third-order valence-corrected chi connectivity index (χ3v) is 8.56. The van der Waals surface area contributed by atoms with Crippen molar-refractivity contribution in [3.05, 3.63) is 117 Å². The fourth-order valence-electron chi connectivity index (χ4n) is 4.17. The molecule has 0 aliphatic carbocycles. The molecule has 38 heavy (non-hydrogen) atoms. The van der Waals surface area contributed by atoms with Crippen LogP contribution in [0.3, 0.4) is 0 Å². The minimum Gasteiger partial charge on any atom is -0.488 e. The molecule has 0 saturated heterocycles. The molecule has 0 N–H and O–H groups in total. The van der Waals surface area contributed by atoms with Crippen molar-refractivity contribution < 1.29 is 14.3 Å². The molecule has 0 bridgehead atoms. The van der Waals surface area contributed by atoms with Gasteiger partial charge >= 0.3 is 5.97 Å². The summed E-state index contributed by atoms with van der Waals surface area (Å²) in [4.78, 5) is 32.7. The van der Waals surface area contributed by atoms with E-state index >= 15 is 0 Å². The summed E-state index contributed by atoms with van der Waals surface area (Å²) >= 11 is 14.9. The quantitative estimate of drug-likeness (QED) is 0.259. The van der Waals surface area contributed by atoms with Crippen LogP contribution in [0.1, 0.15) is 35.9 Å².